The minimum Gasteiger partial charge on any atom is -0.465 e. The molecule has 2 N–H and O–H groups in total. The SMILES string of the molecule is C=C(CC(=O)OCCCCCCCC)C(=O)OCCCCCCCC.C=CC(N)=O. The Morgan fingerprint density at radius 1 is 0.767 bits per heavy atom. The minimum absolute atomic E-state index is 0.0782. The first-order chi connectivity index (χ1) is 14.4. The molecule has 30 heavy (non-hydrogen) atoms. The van der Waals surface area contributed by atoms with Crippen LogP contribution in [0.3, 0.4) is 0 Å². The summed E-state index contributed by atoms with van der Waals surface area (Å²) in [6, 6.07) is 0. The van der Waals surface area contributed by atoms with Crippen molar-refractivity contribution in [1.82, 2.24) is 0 Å². The fourth-order valence-corrected chi connectivity index (χ4v) is 2.52. The van der Waals surface area contributed by atoms with Gasteiger partial charge in [0.1, 0.15) is 0 Å². The predicted octanol–water partition coefficient (Wildman–Crippen LogP) is 5.40. The van der Waals surface area contributed by atoms with Crippen molar-refractivity contribution in [3.05, 3.63) is 24.8 Å². The third-order valence-corrected chi connectivity index (χ3v) is 4.34. The van der Waals surface area contributed by atoms with E-state index in [1.807, 2.05) is 0 Å². The molecule has 0 saturated carbocycles. The molecule has 0 unspecified atom stereocenters. The zero-order chi connectivity index (χ0) is 23.0. The average molecular weight is 426 g/mol. The predicted molar refractivity (Wildman–Crippen MR) is 122 cm³/mol. The van der Waals surface area contributed by atoms with E-state index in [-0.39, 0.29) is 12.0 Å². The van der Waals surface area contributed by atoms with Crippen molar-refractivity contribution in [2.75, 3.05) is 13.2 Å². The van der Waals surface area contributed by atoms with Crippen LogP contribution in [0, 0.1) is 0 Å². The van der Waals surface area contributed by atoms with Gasteiger partial charge in [-0.3, -0.25) is 9.59 Å². The Hall–Kier alpha value is -2.11. The highest BCUT2D eigenvalue weighted by Crippen LogP contribution is 2.08. The lowest BCUT2D eigenvalue weighted by molar-refractivity contribution is -0.146. The number of carbonyl (C=O) groups excluding carboxylic acids is 3. The largest absolute Gasteiger partial charge is 0.465 e. The Morgan fingerprint density at radius 3 is 1.60 bits per heavy atom. The van der Waals surface area contributed by atoms with Crippen LogP contribution in [0.15, 0.2) is 24.8 Å². The van der Waals surface area contributed by atoms with Crippen LogP contribution in [0.4, 0.5) is 0 Å². The van der Waals surface area contributed by atoms with E-state index in [0.29, 0.717) is 13.2 Å². The zero-order valence-electron chi connectivity index (χ0n) is 19.2. The molecule has 0 fully saturated rings. The van der Waals surface area contributed by atoms with Gasteiger partial charge in [0.2, 0.25) is 5.91 Å². The number of rotatable bonds is 18. The third kappa shape index (κ3) is 23.9. The van der Waals surface area contributed by atoms with E-state index in [2.05, 4.69) is 32.7 Å². The standard InChI is InChI=1S/C21H38O4.C3H5NO/c1-4-6-8-10-12-14-16-24-20(22)18-19(3)21(23)25-17-15-13-11-9-7-5-2;1-2-3(4)5/h3-18H2,1-2H3;2H,1H2,(H2,4,5). The number of ether oxygens (including phenoxy) is 2. The van der Waals surface area contributed by atoms with Crippen LogP contribution in [0.5, 0.6) is 0 Å². The summed E-state index contributed by atoms with van der Waals surface area (Å²) in [4.78, 5) is 32.9. The second-order valence-electron chi connectivity index (χ2n) is 7.28. The Bertz CT molecular complexity index is 488. The molecule has 0 radical (unpaired) electrons. The van der Waals surface area contributed by atoms with Crippen LogP contribution >= 0.6 is 0 Å². The molecule has 0 aromatic heterocycles. The van der Waals surface area contributed by atoms with Gasteiger partial charge in [0.05, 0.1) is 19.6 Å². The normalized spacial score (nSPS) is 9.80. The Kier molecular flexibility index (Phi) is 23.2. The zero-order valence-corrected chi connectivity index (χ0v) is 19.2. The summed E-state index contributed by atoms with van der Waals surface area (Å²) in [7, 11) is 0. The van der Waals surface area contributed by atoms with Gasteiger partial charge in [-0.05, 0) is 18.9 Å². The third-order valence-electron chi connectivity index (χ3n) is 4.34. The molecule has 174 valence electrons. The van der Waals surface area contributed by atoms with Gasteiger partial charge >= 0.3 is 11.9 Å². The summed E-state index contributed by atoms with van der Waals surface area (Å²) in [6.45, 7) is 11.9. The molecular weight excluding hydrogens is 382 g/mol. The topological polar surface area (TPSA) is 95.7 Å². The maximum atomic E-state index is 11.8. The minimum atomic E-state index is -0.481. The molecule has 6 heteroatoms. The molecule has 0 bridgehead atoms. The lowest BCUT2D eigenvalue weighted by Gasteiger charge is -2.08. The van der Waals surface area contributed by atoms with E-state index in [4.69, 9.17) is 9.47 Å². The van der Waals surface area contributed by atoms with Crippen LogP contribution in [-0.2, 0) is 23.9 Å². The van der Waals surface area contributed by atoms with Gasteiger partial charge in [-0.25, -0.2) is 4.79 Å². The van der Waals surface area contributed by atoms with Gasteiger partial charge in [-0.15, -0.1) is 0 Å². The molecule has 0 spiro atoms. The quantitative estimate of drug-likeness (QED) is 0.180. The van der Waals surface area contributed by atoms with Crippen LogP contribution in [0.1, 0.15) is 97.3 Å². The van der Waals surface area contributed by atoms with Gasteiger partial charge in [0, 0.05) is 5.57 Å². The maximum absolute atomic E-state index is 11.8. The summed E-state index contributed by atoms with van der Waals surface area (Å²) in [5, 5.41) is 0. The van der Waals surface area contributed by atoms with E-state index in [0.717, 1.165) is 31.8 Å². The van der Waals surface area contributed by atoms with Crippen molar-refractivity contribution in [3.8, 4) is 0 Å². The van der Waals surface area contributed by atoms with Gasteiger partial charge in [-0.2, -0.15) is 0 Å². The van der Waals surface area contributed by atoms with E-state index in [9.17, 15) is 14.4 Å². The lowest BCUT2D eigenvalue weighted by atomic mass is 10.1. The summed E-state index contributed by atoms with van der Waals surface area (Å²) < 4.78 is 10.3. The van der Waals surface area contributed by atoms with Gasteiger partial charge in [-0.1, -0.05) is 91.2 Å². The van der Waals surface area contributed by atoms with E-state index >= 15 is 0 Å². The maximum Gasteiger partial charge on any atom is 0.333 e. The number of hydrogen-bond acceptors (Lipinski definition) is 5. The summed E-state index contributed by atoms with van der Waals surface area (Å²) in [5.74, 6) is -1.36. The molecular formula is C24H43NO5. The Balaban J connectivity index is 0. The van der Waals surface area contributed by atoms with Crippen molar-refractivity contribution in [2.45, 2.75) is 97.3 Å². The number of hydrogen-bond donors (Lipinski definition) is 1. The molecule has 1 amide bonds. The second kappa shape index (κ2) is 23.2. The van der Waals surface area contributed by atoms with E-state index in [1.54, 1.807) is 0 Å². The van der Waals surface area contributed by atoms with Crippen LogP contribution in [0.25, 0.3) is 0 Å². The number of nitrogens with two attached hydrogens (primary N) is 1. The number of unbranched alkanes of at least 4 members (excludes halogenated alkanes) is 10. The Morgan fingerprint density at radius 2 is 1.17 bits per heavy atom. The number of carbonyl (C=O) groups is 3. The highest BCUT2D eigenvalue weighted by Gasteiger charge is 2.14. The van der Waals surface area contributed by atoms with Crippen molar-refractivity contribution in [1.29, 1.82) is 0 Å². The molecule has 0 atom stereocenters. The van der Waals surface area contributed by atoms with Crippen molar-refractivity contribution in [3.63, 3.8) is 0 Å². The molecule has 0 aliphatic heterocycles. The molecule has 0 aromatic rings. The number of primary amides is 1. The smallest absolute Gasteiger partial charge is 0.333 e. The number of amides is 1. The van der Waals surface area contributed by atoms with Crippen molar-refractivity contribution < 1.29 is 23.9 Å². The lowest BCUT2D eigenvalue weighted by Crippen LogP contribution is -2.14. The molecule has 0 aliphatic carbocycles. The average Bonchev–Trinajstić information content (AvgIpc) is 2.72. The molecule has 0 saturated heterocycles. The molecule has 0 heterocycles. The van der Waals surface area contributed by atoms with Gasteiger partial charge in [0.15, 0.2) is 0 Å². The monoisotopic (exact) mass is 425 g/mol. The van der Waals surface area contributed by atoms with Gasteiger partial charge < -0.3 is 15.2 Å². The summed E-state index contributed by atoms with van der Waals surface area (Å²) in [5.41, 5.74) is 4.71. The second-order valence-corrected chi connectivity index (χ2v) is 7.28. The molecule has 6 nitrogen and oxygen atoms in total. The van der Waals surface area contributed by atoms with E-state index < -0.39 is 17.8 Å². The molecule has 0 rings (SSSR count). The first-order valence-corrected chi connectivity index (χ1v) is 11.3. The van der Waals surface area contributed by atoms with E-state index in [1.165, 1.54) is 51.4 Å². The van der Waals surface area contributed by atoms with Gasteiger partial charge in [0.25, 0.3) is 0 Å². The summed E-state index contributed by atoms with van der Waals surface area (Å²) in [6.07, 6.45) is 14.7. The molecule has 0 aromatic carbocycles. The van der Waals surface area contributed by atoms with Crippen molar-refractivity contribution >= 4 is 17.8 Å². The van der Waals surface area contributed by atoms with Crippen molar-refractivity contribution in [2.24, 2.45) is 5.73 Å². The first kappa shape index (κ1) is 30.1. The molecule has 0 aliphatic rings. The number of esters is 2. The van der Waals surface area contributed by atoms with Crippen LogP contribution in [-0.4, -0.2) is 31.1 Å². The first-order valence-electron chi connectivity index (χ1n) is 11.3. The summed E-state index contributed by atoms with van der Waals surface area (Å²) >= 11 is 0. The fourth-order valence-electron chi connectivity index (χ4n) is 2.52. The highest BCUT2D eigenvalue weighted by atomic mass is 16.5. The Labute approximate surface area is 183 Å². The highest BCUT2D eigenvalue weighted by molar-refractivity contribution is 5.93. The van der Waals surface area contributed by atoms with Crippen LogP contribution in [0.2, 0.25) is 0 Å². The fraction of sp³-hybridized carbons (Fsp3) is 0.708. The van der Waals surface area contributed by atoms with Crippen LogP contribution < -0.4 is 5.73 Å².